The summed E-state index contributed by atoms with van der Waals surface area (Å²) in [6, 6.07) is 11.4. The Labute approximate surface area is 128 Å². The summed E-state index contributed by atoms with van der Waals surface area (Å²) in [7, 11) is 0. The summed E-state index contributed by atoms with van der Waals surface area (Å²) in [5.41, 5.74) is 3.04. The van der Waals surface area contributed by atoms with Gasteiger partial charge in [-0.25, -0.2) is 0 Å². The number of halogens is 3. The molecule has 4 heteroatoms. The third kappa shape index (κ3) is 3.36. The third-order valence-corrected chi connectivity index (χ3v) is 4.04. The van der Waals surface area contributed by atoms with Crippen molar-refractivity contribution < 1.29 is 0 Å². The highest BCUT2D eigenvalue weighted by molar-refractivity contribution is 6.35. The predicted octanol–water partition coefficient (Wildman–Crippen LogP) is 6.13. The molecular weight excluding hydrogens is 301 g/mol. The molecule has 1 nitrogen and oxygen atoms in total. The van der Waals surface area contributed by atoms with Crippen molar-refractivity contribution in [1.29, 1.82) is 0 Å². The lowest BCUT2D eigenvalue weighted by Crippen LogP contribution is -2.08. The summed E-state index contributed by atoms with van der Waals surface area (Å²) in [6.07, 6.45) is 0. The number of anilines is 1. The van der Waals surface area contributed by atoms with Gasteiger partial charge in [-0.1, -0.05) is 46.9 Å². The topological polar surface area (TPSA) is 12.0 Å². The third-order valence-electron chi connectivity index (χ3n) is 3.07. The minimum atomic E-state index is 0.0712. The van der Waals surface area contributed by atoms with E-state index in [0.717, 1.165) is 21.8 Å². The molecule has 0 bridgehead atoms. The van der Waals surface area contributed by atoms with Gasteiger partial charge < -0.3 is 5.32 Å². The Hall–Kier alpha value is -0.890. The second-order valence-corrected chi connectivity index (χ2v) is 5.70. The van der Waals surface area contributed by atoms with Crippen molar-refractivity contribution in [3.8, 4) is 0 Å². The maximum Gasteiger partial charge on any atom is 0.0500 e. The van der Waals surface area contributed by atoms with E-state index in [1.807, 2.05) is 37.3 Å². The first-order chi connectivity index (χ1) is 8.99. The zero-order chi connectivity index (χ0) is 14.0. The lowest BCUT2D eigenvalue weighted by atomic mass is 10.1. The van der Waals surface area contributed by atoms with Gasteiger partial charge in [0.15, 0.2) is 0 Å². The quantitative estimate of drug-likeness (QED) is 0.718. The van der Waals surface area contributed by atoms with Gasteiger partial charge in [-0.3, -0.25) is 0 Å². The van der Waals surface area contributed by atoms with E-state index in [0.29, 0.717) is 10.0 Å². The average molecular weight is 315 g/mol. The summed E-state index contributed by atoms with van der Waals surface area (Å²) in [4.78, 5) is 0. The first kappa shape index (κ1) is 14.5. The molecule has 0 aromatic heterocycles. The van der Waals surface area contributed by atoms with E-state index in [9.17, 15) is 0 Å². The Morgan fingerprint density at radius 2 is 1.74 bits per heavy atom. The summed E-state index contributed by atoms with van der Waals surface area (Å²) < 4.78 is 0. The van der Waals surface area contributed by atoms with Crippen LogP contribution in [-0.4, -0.2) is 0 Å². The van der Waals surface area contributed by atoms with Gasteiger partial charge in [-0.2, -0.15) is 0 Å². The van der Waals surface area contributed by atoms with Crippen LogP contribution in [0, 0.1) is 6.92 Å². The van der Waals surface area contributed by atoms with Crippen LogP contribution in [0.4, 0.5) is 5.69 Å². The Balaban J connectivity index is 2.25. The molecule has 0 spiro atoms. The van der Waals surface area contributed by atoms with Crippen LogP contribution >= 0.6 is 34.8 Å². The number of hydrogen-bond donors (Lipinski definition) is 1. The van der Waals surface area contributed by atoms with E-state index >= 15 is 0 Å². The molecule has 0 saturated carbocycles. The highest BCUT2D eigenvalue weighted by Crippen LogP contribution is 2.30. The molecule has 0 aliphatic heterocycles. The molecule has 0 fully saturated rings. The van der Waals surface area contributed by atoms with Crippen molar-refractivity contribution in [1.82, 2.24) is 0 Å². The minimum absolute atomic E-state index is 0.0712. The summed E-state index contributed by atoms with van der Waals surface area (Å²) in [5.74, 6) is 0. The van der Waals surface area contributed by atoms with Crippen molar-refractivity contribution in [2.75, 3.05) is 5.32 Å². The van der Waals surface area contributed by atoms with Crippen LogP contribution in [0.3, 0.4) is 0 Å². The Morgan fingerprint density at radius 1 is 1.00 bits per heavy atom. The predicted molar refractivity (Wildman–Crippen MR) is 84.7 cm³/mol. The maximum absolute atomic E-state index is 6.21. The van der Waals surface area contributed by atoms with Crippen molar-refractivity contribution in [2.24, 2.45) is 0 Å². The fourth-order valence-electron chi connectivity index (χ4n) is 1.93. The van der Waals surface area contributed by atoms with E-state index in [4.69, 9.17) is 34.8 Å². The fraction of sp³-hybridized carbons (Fsp3) is 0.200. The van der Waals surface area contributed by atoms with Crippen LogP contribution < -0.4 is 5.32 Å². The van der Waals surface area contributed by atoms with Crippen LogP contribution in [-0.2, 0) is 0 Å². The van der Waals surface area contributed by atoms with Crippen LogP contribution in [0.1, 0.15) is 24.1 Å². The first-order valence-corrected chi connectivity index (χ1v) is 7.09. The molecule has 0 aliphatic rings. The summed E-state index contributed by atoms with van der Waals surface area (Å²) in [5, 5.41) is 5.46. The minimum Gasteiger partial charge on any atom is -0.378 e. The number of benzene rings is 2. The molecule has 0 aliphatic carbocycles. The number of rotatable bonds is 3. The van der Waals surface area contributed by atoms with Gasteiger partial charge in [-0.05, 0) is 49.2 Å². The molecule has 0 heterocycles. The van der Waals surface area contributed by atoms with Crippen molar-refractivity contribution >= 4 is 40.5 Å². The molecule has 2 rings (SSSR count). The van der Waals surface area contributed by atoms with Crippen molar-refractivity contribution in [3.63, 3.8) is 0 Å². The van der Waals surface area contributed by atoms with Crippen molar-refractivity contribution in [3.05, 3.63) is 62.6 Å². The molecule has 1 N–H and O–H groups in total. The molecule has 1 atom stereocenters. The number of hydrogen-bond acceptors (Lipinski definition) is 1. The van der Waals surface area contributed by atoms with E-state index in [1.54, 1.807) is 6.07 Å². The van der Waals surface area contributed by atoms with Gasteiger partial charge in [0, 0.05) is 20.8 Å². The molecule has 0 amide bonds. The van der Waals surface area contributed by atoms with Crippen LogP contribution in [0.5, 0.6) is 0 Å². The van der Waals surface area contributed by atoms with Gasteiger partial charge >= 0.3 is 0 Å². The smallest absolute Gasteiger partial charge is 0.0500 e. The fourth-order valence-corrected chi connectivity index (χ4v) is 2.67. The van der Waals surface area contributed by atoms with Crippen LogP contribution in [0.15, 0.2) is 36.4 Å². The monoisotopic (exact) mass is 313 g/mol. The maximum atomic E-state index is 6.21. The highest BCUT2D eigenvalue weighted by atomic mass is 35.5. The standard InChI is InChI=1S/C15H14Cl3N/c1-9-13(17)4-3-5-15(9)19-10(2)12-7-6-11(16)8-14(12)18/h3-8,10,19H,1-2H3. The zero-order valence-electron chi connectivity index (χ0n) is 10.7. The van der Waals surface area contributed by atoms with Gasteiger partial charge in [-0.15, -0.1) is 0 Å². The van der Waals surface area contributed by atoms with E-state index in [-0.39, 0.29) is 6.04 Å². The van der Waals surface area contributed by atoms with E-state index in [1.165, 1.54) is 0 Å². The average Bonchev–Trinajstić information content (AvgIpc) is 2.34. The second-order valence-electron chi connectivity index (χ2n) is 4.44. The van der Waals surface area contributed by atoms with Gasteiger partial charge in [0.1, 0.15) is 0 Å². The van der Waals surface area contributed by atoms with Crippen LogP contribution in [0.25, 0.3) is 0 Å². The lowest BCUT2D eigenvalue weighted by molar-refractivity contribution is 0.883. The van der Waals surface area contributed by atoms with Crippen molar-refractivity contribution in [2.45, 2.75) is 19.9 Å². The van der Waals surface area contributed by atoms with E-state index < -0.39 is 0 Å². The molecule has 0 radical (unpaired) electrons. The molecule has 2 aromatic carbocycles. The molecular formula is C15H14Cl3N. The van der Waals surface area contributed by atoms with Gasteiger partial charge in [0.05, 0.1) is 6.04 Å². The normalized spacial score (nSPS) is 12.3. The van der Waals surface area contributed by atoms with Gasteiger partial charge in [0.2, 0.25) is 0 Å². The van der Waals surface area contributed by atoms with E-state index in [2.05, 4.69) is 12.2 Å². The molecule has 1 unspecified atom stereocenters. The number of nitrogens with one attached hydrogen (secondary N) is 1. The second kappa shape index (κ2) is 6.04. The molecule has 2 aromatic rings. The first-order valence-electron chi connectivity index (χ1n) is 5.95. The van der Waals surface area contributed by atoms with Crippen LogP contribution in [0.2, 0.25) is 15.1 Å². The summed E-state index contributed by atoms with van der Waals surface area (Å²) >= 11 is 18.2. The SMILES string of the molecule is Cc1c(Cl)cccc1NC(C)c1ccc(Cl)cc1Cl. The highest BCUT2D eigenvalue weighted by Gasteiger charge is 2.11. The zero-order valence-corrected chi connectivity index (χ0v) is 12.9. The Morgan fingerprint density at radius 3 is 2.42 bits per heavy atom. The largest absolute Gasteiger partial charge is 0.378 e. The molecule has 19 heavy (non-hydrogen) atoms. The molecule has 0 saturated heterocycles. The van der Waals surface area contributed by atoms with Gasteiger partial charge in [0.25, 0.3) is 0 Å². The summed E-state index contributed by atoms with van der Waals surface area (Å²) in [6.45, 7) is 4.04. The molecule has 100 valence electrons. The lowest BCUT2D eigenvalue weighted by Gasteiger charge is -2.19. The Kier molecular flexibility index (Phi) is 4.62. The Bertz CT molecular complexity index is 596.